The molecule has 2 aromatic rings. The summed E-state index contributed by atoms with van der Waals surface area (Å²) < 4.78 is 32.7. The van der Waals surface area contributed by atoms with Gasteiger partial charge >= 0.3 is 0 Å². The smallest absolute Gasteiger partial charge is 0.248 e. The first kappa shape index (κ1) is 14.7. The summed E-state index contributed by atoms with van der Waals surface area (Å²) in [6, 6.07) is 2.95. The molecule has 0 unspecified atom stereocenters. The fourth-order valence-corrected chi connectivity index (χ4v) is 1.65. The van der Waals surface area contributed by atoms with Gasteiger partial charge in [0.25, 0.3) is 0 Å². The second-order valence-corrected chi connectivity index (χ2v) is 4.29. The van der Waals surface area contributed by atoms with Crippen molar-refractivity contribution < 1.29 is 18.3 Å². The molecule has 1 aromatic heterocycles. The van der Waals surface area contributed by atoms with Crippen LogP contribution in [-0.4, -0.2) is 22.3 Å². The van der Waals surface area contributed by atoms with Gasteiger partial charge < -0.3 is 10.5 Å². The number of aromatic nitrogens is 2. The number of carbonyl (C=O) groups excluding carboxylic acids is 1. The highest BCUT2D eigenvalue weighted by molar-refractivity contribution is 6.17. The molecule has 0 saturated carbocycles. The van der Waals surface area contributed by atoms with Crippen LogP contribution in [0.1, 0.15) is 5.56 Å². The maximum Gasteiger partial charge on any atom is 0.248 e. The molecule has 0 aliphatic rings. The minimum absolute atomic E-state index is 0.0985. The standard InChI is InChI=1S/C14H13F2N3O2/c1-9(14(17)20)10-7-18-19(8-10)2-3-21-13-5-11(15)4-12(16)6-13/h4-8H,1-3H2,(H2,17,20). The van der Waals surface area contributed by atoms with E-state index in [2.05, 4.69) is 11.7 Å². The quantitative estimate of drug-likeness (QED) is 0.825. The summed E-state index contributed by atoms with van der Waals surface area (Å²) in [6.45, 7) is 4.04. The molecule has 7 heteroatoms. The van der Waals surface area contributed by atoms with Gasteiger partial charge in [-0.2, -0.15) is 5.10 Å². The Bertz CT molecular complexity index is 662. The molecule has 21 heavy (non-hydrogen) atoms. The van der Waals surface area contributed by atoms with Crippen LogP contribution in [0.15, 0.2) is 37.2 Å². The summed E-state index contributed by atoms with van der Waals surface area (Å²) in [5, 5.41) is 4.01. The van der Waals surface area contributed by atoms with Gasteiger partial charge in [-0.05, 0) is 0 Å². The van der Waals surface area contributed by atoms with Gasteiger partial charge in [0.1, 0.15) is 24.0 Å². The average molecular weight is 293 g/mol. The van der Waals surface area contributed by atoms with Gasteiger partial charge in [-0.25, -0.2) is 8.78 Å². The lowest BCUT2D eigenvalue weighted by Crippen LogP contribution is -2.11. The Morgan fingerprint density at radius 3 is 2.62 bits per heavy atom. The van der Waals surface area contributed by atoms with Crippen molar-refractivity contribution in [2.45, 2.75) is 6.54 Å². The molecule has 0 aliphatic heterocycles. The topological polar surface area (TPSA) is 70.1 Å². The van der Waals surface area contributed by atoms with E-state index in [0.717, 1.165) is 18.2 Å². The van der Waals surface area contributed by atoms with E-state index in [1.807, 2.05) is 0 Å². The lowest BCUT2D eigenvalue weighted by Gasteiger charge is -2.06. The van der Waals surface area contributed by atoms with Gasteiger partial charge in [0.2, 0.25) is 5.91 Å². The highest BCUT2D eigenvalue weighted by Gasteiger charge is 2.08. The molecule has 0 atom stereocenters. The van der Waals surface area contributed by atoms with E-state index in [0.29, 0.717) is 12.1 Å². The van der Waals surface area contributed by atoms with E-state index in [-0.39, 0.29) is 17.9 Å². The summed E-state index contributed by atoms with van der Waals surface area (Å²) in [7, 11) is 0. The van der Waals surface area contributed by atoms with Crippen LogP contribution in [0.2, 0.25) is 0 Å². The van der Waals surface area contributed by atoms with Crippen molar-refractivity contribution in [1.29, 1.82) is 0 Å². The monoisotopic (exact) mass is 293 g/mol. The number of nitrogens with zero attached hydrogens (tertiary/aromatic N) is 2. The number of primary amides is 1. The highest BCUT2D eigenvalue weighted by atomic mass is 19.1. The molecular weight excluding hydrogens is 280 g/mol. The van der Waals surface area contributed by atoms with Gasteiger partial charge in [-0.1, -0.05) is 6.58 Å². The van der Waals surface area contributed by atoms with Gasteiger partial charge in [0, 0.05) is 35.5 Å². The van der Waals surface area contributed by atoms with Gasteiger partial charge in [0.05, 0.1) is 12.7 Å². The molecular formula is C14H13F2N3O2. The normalized spacial score (nSPS) is 10.4. The van der Waals surface area contributed by atoms with Crippen LogP contribution in [0.4, 0.5) is 8.78 Å². The molecule has 0 fully saturated rings. The molecule has 2 rings (SSSR count). The molecule has 1 amide bonds. The Labute approximate surface area is 119 Å². The predicted octanol–water partition coefficient (Wildman–Crippen LogP) is 1.74. The minimum Gasteiger partial charge on any atom is -0.491 e. The first-order chi connectivity index (χ1) is 9.95. The van der Waals surface area contributed by atoms with Gasteiger partial charge in [0.15, 0.2) is 0 Å². The molecule has 1 aromatic carbocycles. The fraction of sp³-hybridized carbons (Fsp3) is 0.143. The molecule has 0 saturated heterocycles. The highest BCUT2D eigenvalue weighted by Crippen LogP contribution is 2.15. The van der Waals surface area contributed by atoms with Crippen LogP contribution in [0.5, 0.6) is 5.75 Å². The number of benzene rings is 1. The molecule has 0 spiro atoms. The van der Waals surface area contributed by atoms with Crippen LogP contribution in [0, 0.1) is 11.6 Å². The fourth-order valence-electron chi connectivity index (χ4n) is 1.65. The lowest BCUT2D eigenvalue weighted by atomic mass is 10.2. The third-order valence-electron chi connectivity index (χ3n) is 2.70. The van der Waals surface area contributed by atoms with E-state index < -0.39 is 17.5 Å². The lowest BCUT2D eigenvalue weighted by molar-refractivity contribution is -0.112. The second kappa shape index (κ2) is 6.17. The van der Waals surface area contributed by atoms with E-state index in [4.69, 9.17) is 10.5 Å². The van der Waals surface area contributed by atoms with Crippen molar-refractivity contribution in [3.05, 3.63) is 54.4 Å². The Morgan fingerprint density at radius 1 is 1.33 bits per heavy atom. The van der Waals surface area contributed by atoms with Crippen molar-refractivity contribution in [3.63, 3.8) is 0 Å². The first-order valence-corrected chi connectivity index (χ1v) is 6.06. The summed E-state index contributed by atoms with van der Waals surface area (Å²) in [4.78, 5) is 11.0. The molecule has 1 heterocycles. The number of halogens is 2. The minimum atomic E-state index is -0.705. The number of carbonyl (C=O) groups is 1. The van der Waals surface area contributed by atoms with Crippen molar-refractivity contribution in [2.24, 2.45) is 5.73 Å². The second-order valence-electron chi connectivity index (χ2n) is 4.29. The SMILES string of the molecule is C=C(C(N)=O)c1cnn(CCOc2cc(F)cc(F)c2)c1. The summed E-state index contributed by atoms with van der Waals surface area (Å²) in [5.41, 5.74) is 5.79. The van der Waals surface area contributed by atoms with Crippen molar-refractivity contribution in [3.8, 4) is 5.75 Å². The third-order valence-corrected chi connectivity index (χ3v) is 2.70. The number of rotatable bonds is 6. The van der Waals surface area contributed by atoms with Crippen molar-refractivity contribution >= 4 is 11.5 Å². The molecule has 2 N–H and O–H groups in total. The van der Waals surface area contributed by atoms with Gasteiger partial charge in [-0.15, -0.1) is 0 Å². The van der Waals surface area contributed by atoms with E-state index in [9.17, 15) is 13.6 Å². The zero-order valence-electron chi connectivity index (χ0n) is 11.1. The Morgan fingerprint density at radius 2 is 2.00 bits per heavy atom. The number of nitrogens with two attached hydrogens (primary N) is 1. The number of hydrogen-bond donors (Lipinski definition) is 1. The molecule has 0 aliphatic carbocycles. The van der Waals surface area contributed by atoms with Crippen LogP contribution in [-0.2, 0) is 11.3 Å². The molecule has 0 radical (unpaired) electrons. The Balaban J connectivity index is 1.92. The number of hydrogen-bond acceptors (Lipinski definition) is 3. The zero-order valence-corrected chi connectivity index (χ0v) is 11.1. The zero-order chi connectivity index (χ0) is 15.4. The number of ether oxygens (including phenoxy) is 1. The Hall–Kier alpha value is -2.70. The van der Waals surface area contributed by atoms with E-state index in [1.165, 1.54) is 10.9 Å². The van der Waals surface area contributed by atoms with E-state index in [1.54, 1.807) is 6.20 Å². The van der Waals surface area contributed by atoms with Crippen LogP contribution in [0.3, 0.4) is 0 Å². The third kappa shape index (κ3) is 3.88. The van der Waals surface area contributed by atoms with Crippen molar-refractivity contribution in [2.75, 3.05) is 6.61 Å². The first-order valence-electron chi connectivity index (χ1n) is 6.06. The molecule has 110 valence electrons. The molecule has 5 nitrogen and oxygen atoms in total. The largest absolute Gasteiger partial charge is 0.491 e. The van der Waals surface area contributed by atoms with Crippen molar-refractivity contribution in [1.82, 2.24) is 9.78 Å². The predicted molar refractivity (Wildman–Crippen MR) is 72.3 cm³/mol. The maximum atomic E-state index is 13.0. The average Bonchev–Trinajstić information content (AvgIpc) is 2.85. The summed E-state index contributed by atoms with van der Waals surface area (Å²) in [5.74, 6) is -1.93. The summed E-state index contributed by atoms with van der Waals surface area (Å²) in [6.07, 6.45) is 3.04. The van der Waals surface area contributed by atoms with Crippen LogP contribution >= 0.6 is 0 Å². The molecule has 0 bridgehead atoms. The van der Waals surface area contributed by atoms with Crippen LogP contribution < -0.4 is 10.5 Å². The number of amides is 1. The Kier molecular flexibility index (Phi) is 4.32. The maximum absolute atomic E-state index is 13.0. The van der Waals surface area contributed by atoms with E-state index >= 15 is 0 Å². The summed E-state index contributed by atoms with van der Waals surface area (Å²) >= 11 is 0. The van der Waals surface area contributed by atoms with Crippen LogP contribution in [0.25, 0.3) is 5.57 Å². The van der Waals surface area contributed by atoms with Gasteiger partial charge in [-0.3, -0.25) is 9.48 Å².